The van der Waals surface area contributed by atoms with Crippen LogP contribution in [0.3, 0.4) is 0 Å². The summed E-state index contributed by atoms with van der Waals surface area (Å²) in [5, 5.41) is 48.2. The number of aliphatic carboxylic acids is 4. The van der Waals surface area contributed by atoms with Gasteiger partial charge < -0.3 is 53.2 Å². The second-order valence-corrected chi connectivity index (χ2v) is 15.8. The van der Waals surface area contributed by atoms with E-state index in [-0.39, 0.29) is 54.0 Å². The molecule has 25 heteroatoms. The molecule has 0 fully saturated rings. The average molecular weight is 942 g/mol. The molecule has 3 rings (SSSR count). The maximum absolute atomic E-state index is 13.4. The molecule has 3 amide bonds. The third kappa shape index (κ3) is 17.1. The number of anilines is 1. The highest BCUT2D eigenvalue weighted by Gasteiger charge is 2.35. The quantitative estimate of drug-likeness (QED) is 0.0367. The zero-order valence-corrected chi connectivity index (χ0v) is 36.5. The van der Waals surface area contributed by atoms with Gasteiger partial charge in [-0.05, 0) is 37.6 Å². The van der Waals surface area contributed by atoms with Crippen LogP contribution < -0.4 is 32.7 Å². The van der Waals surface area contributed by atoms with E-state index in [0.29, 0.717) is 11.4 Å². The summed E-state index contributed by atoms with van der Waals surface area (Å²) >= 11 is 4.06. The van der Waals surface area contributed by atoms with Gasteiger partial charge in [0.2, 0.25) is 17.7 Å². The number of nitrogens with zero attached hydrogens (tertiary/aromatic N) is 3. The van der Waals surface area contributed by atoms with Crippen LogP contribution in [0.2, 0.25) is 0 Å². The van der Waals surface area contributed by atoms with Gasteiger partial charge in [0, 0.05) is 55.3 Å². The number of aromatic nitrogens is 2. The molecule has 6 atom stereocenters. The number of nitrogens with two attached hydrogens (primary N) is 2. The van der Waals surface area contributed by atoms with Crippen LogP contribution in [0, 0.1) is 17.8 Å². The van der Waals surface area contributed by atoms with Gasteiger partial charge in [-0.15, -0.1) is 0 Å². The van der Waals surface area contributed by atoms with Crippen LogP contribution in [0.4, 0.5) is 11.5 Å². The van der Waals surface area contributed by atoms with E-state index in [4.69, 9.17) is 11.5 Å². The molecule has 2 heterocycles. The van der Waals surface area contributed by atoms with Gasteiger partial charge in [-0.3, -0.25) is 52.7 Å². The predicted octanol–water partition coefficient (Wildman–Crippen LogP) is -0.345. The van der Waals surface area contributed by atoms with E-state index < -0.39 is 146 Å². The van der Waals surface area contributed by atoms with E-state index in [1.54, 1.807) is 19.1 Å². The third-order valence-corrected chi connectivity index (χ3v) is 10.6. The van der Waals surface area contributed by atoms with Crippen molar-refractivity contribution in [3.63, 3.8) is 0 Å². The first-order valence-electron chi connectivity index (χ1n) is 20.3. The summed E-state index contributed by atoms with van der Waals surface area (Å²) in [6, 6.07) is 1.89. The molecule has 0 spiro atoms. The van der Waals surface area contributed by atoms with Gasteiger partial charge in [0.15, 0.2) is 34.6 Å². The summed E-state index contributed by atoms with van der Waals surface area (Å²) in [6.07, 6.45) is -4.98. The molecule has 24 nitrogen and oxygen atoms in total. The van der Waals surface area contributed by atoms with E-state index in [1.165, 1.54) is 18.3 Å². The molecule has 0 saturated carbocycles. The molecule has 356 valence electrons. The largest absolute Gasteiger partial charge is 0.481 e. The highest BCUT2D eigenvalue weighted by molar-refractivity contribution is 7.80. The van der Waals surface area contributed by atoms with Crippen molar-refractivity contribution in [2.24, 2.45) is 34.2 Å². The highest BCUT2D eigenvalue weighted by atomic mass is 32.1. The minimum atomic E-state index is -1.86. The topological polar surface area (TPSA) is 407 Å². The van der Waals surface area contributed by atoms with Gasteiger partial charge in [0.25, 0.3) is 0 Å². The van der Waals surface area contributed by atoms with E-state index >= 15 is 0 Å². The first kappa shape index (κ1) is 53.2. The Morgan fingerprint density at radius 3 is 1.89 bits per heavy atom. The SMILES string of the molecule is C[C@H](CS)NC(=O)[C@H](CN)CC(=O)[C@H](CC(=O)O)NC(=O)[C@H](CC(=O)O)CC(=O)[C@H](CC(=O)O)NC(=O)CC[C@H](CC(=O)c1ccc(NCc2cnc3c(n2)C(=O)CC(N)=N3)cc1)C(=O)O. The molecule has 1 aromatic heterocycles. The Labute approximate surface area is 381 Å². The van der Waals surface area contributed by atoms with Crippen LogP contribution in [0.25, 0.3) is 0 Å². The average Bonchev–Trinajstić information content (AvgIpc) is 3.24. The predicted molar refractivity (Wildman–Crippen MR) is 233 cm³/mol. The normalized spacial score (nSPS) is 14.7. The number of carboxylic acids is 4. The molecule has 2 aromatic rings. The fourth-order valence-corrected chi connectivity index (χ4v) is 6.54. The van der Waals surface area contributed by atoms with Gasteiger partial charge in [-0.2, -0.15) is 12.6 Å². The first-order chi connectivity index (χ1) is 31.1. The number of carbonyl (C=O) groups excluding carboxylic acids is 7. The molecular weight excluding hydrogens is 891 g/mol. The number of Topliss-reactive ketones (excluding diaryl/α,β-unsaturated/α-hetero) is 4. The van der Waals surface area contributed by atoms with E-state index in [9.17, 15) is 73.2 Å². The summed E-state index contributed by atoms with van der Waals surface area (Å²) in [5.74, 6) is -16.0. The van der Waals surface area contributed by atoms with Gasteiger partial charge in [-0.25, -0.2) is 15.0 Å². The molecule has 1 aliphatic heterocycles. The highest BCUT2D eigenvalue weighted by Crippen LogP contribution is 2.22. The lowest BCUT2D eigenvalue weighted by molar-refractivity contribution is -0.145. The Balaban J connectivity index is 1.63. The minimum Gasteiger partial charge on any atom is -0.481 e. The van der Waals surface area contributed by atoms with Crippen LogP contribution in [-0.2, 0) is 49.7 Å². The molecule has 0 saturated heterocycles. The van der Waals surface area contributed by atoms with E-state index in [0.717, 1.165) is 0 Å². The molecular formula is C41H51N9O15S. The third-order valence-electron chi connectivity index (χ3n) is 10.0. The van der Waals surface area contributed by atoms with Crippen molar-refractivity contribution in [1.29, 1.82) is 0 Å². The number of nitrogens with one attached hydrogen (secondary N) is 4. The number of ketones is 4. The maximum Gasteiger partial charge on any atom is 0.306 e. The number of carboxylic acid groups (broad SMARTS) is 4. The first-order valence-corrected chi connectivity index (χ1v) is 21.0. The Morgan fingerprint density at radius 2 is 1.33 bits per heavy atom. The summed E-state index contributed by atoms with van der Waals surface area (Å²) < 4.78 is 0. The molecule has 1 aliphatic rings. The Hall–Kier alpha value is -7.15. The number of carbonyl (C=O) groups is 11. The molecule has 0 bridgehead atoms. The lowest BCUT2D eigenvalue weighted by Gasteiger charge is -2.23. The molecule has 0 radical (unpaired) electrons. The number of amidine groups is 1. The summed E-state index contributed by atoms with van der Waals surface area (Å²) in [5.41, 5.74) is 12.5. The van der Waals surface area contributed by atoms with Crippen LogP contribution >= 0.6 is 12.6 Å². The number of thiol groups is 1. The van der Waals surface area contributed by atoms with Crippen LogP contribution in [0.5, 0.6) is 0 Å². The number of amides is 3. The fraction of sp³-hybridized carbons (Fsp3) is 0.463. The van der Waals surface area contributed by atoms with Crippen LogP contribution in [-0.4, -0.2) is 131 Å². The minimum absolute atomic E-state index is 0.0756. The zero-order valence-electron chi connectivity index (χ0n) is 35.6. The standard InChI is InChI=1S/C41H51N9O15S/c1-19(18-66)46-40(63)23(15-42)10-30(53)27(13-36(60)61)49-39(62)22(11-34(56)57)9-29(52)26(12-35(58)59)48-33(55)7-4-21(41(64)65)8-28(51)20-2-5-24(6-3-20)44-16-25-17-45-38-37(47-25)31(54)14-32(43)50-38/h2-3,5-6,17,19,21-23,26-27,44,66H,4,7-16,18,42H2,1H3,(H,46,63)(H,48,55)(H,49,62)(H,56,57)(H,58,59)(H,60,61)(H,64,65)(H2,43,45,50)/t19-,21-,22+,23+,26+,27+/m1/s1. The number of fused-ring (bicyclic) bond motifs is 1. The number of hydrogen-bond acceptors (Lipinski definition) is 18. The van der Waals surface area contributed by atoms with E-state index in [2.05, 4.69) is 48.9 Å². The van der Waals surface area contributed by atoms with Crippen molar-refractivity contribution in [1.82, 2.24) is 25.9 Å². The van der Waals surface area contributed by atoms with Crippen molar-refractivity contribution in [2.45, 2.75) is 89.4 Å². The lowest BCUT2D eigenvalue weighted by Crippen LogP contribution is -2.49. The Kier molecular flexibility index (Phi) is 20.4. The summed E-state index contributed by atoms with van der Waals surface area (Å²) in [7, 11) is 0. The number of benzene rings is 1. The van der Waals surface area contributed by atoms with Crippen LogP contribution in [0.15, 0.2) is 35.5 Å². The lowest BCUT2D eigenvalue weighted by atomic mass is 9.91. The fourth-order valence-electron chi connectivity index (χ4n) is 6.45. The molecule has 12 N–H and O–H groups in total. The van der Waals surface area contributed by atoms with Gasteiger partial charge in [0.1, 0.15) is 5.84 Å². The Bertz CT molecular complexity index is 2240. The molecule has 0 aliphatic carbocycles. The van der Waals surface area contributed by atoms with Crippen molar-refractivity contribution in [3.05, 3.63) is 47.4 Å². The molecule has 66 heavy (non-hydrogen) atoms. The van der Waals surface area contributed by atoms with Gasteiger partial charge in [0.05, 0.1) is 74.0 Å². The summed E-state index contributed by atoms with van der Waals surface area (Å²) in [4.78, 5) is 150. The second-order valence-electron chi connectivity index (χ2n) is 15.4. The van der Waals surface area contributed by atoms with Crippen molar-refractivity contribution in [2.75, 3.05) is 17.6 Å². The second kappa shape index (κ2) is 25.4. The monoisotopic (exact) mass is 941 g/mol. The van der Waals surface area contributed by atoms with Crippen molar-refractivity contribution >= 4 is 94.7 Å². The maximum atomic E-state index is 13.4. The number of rotatable bonds is 29. The van der Waals surface area contributed by atoms with Gasteiger partial charge in [-0.1, -0.05) is 0 Å². The number of aliphatic imine (C=N–C) groups is 1. The smallest absolute Gasteiger partial charge is 0.306 e. The van der Waals surface area contributed by atoms with Crippen LogP contribution in [0.1, 0.15) is 91.3 Å². The Morgan fingerprint density at radius 1 is 0.758 bits per heavy atom. The van der Waals surface area contributed by atoms with Crippen molar-refractivity contribution < 1.29 is 73.2 Å². The zero-order chi connectivity index (χ0) is 49.2. The van der Waals surface area contributed by atoms with E-state index in [1.807, 2.05) is 0 Å². The van der Waals surface area contributed by atoms with Crippen molar-refractivity contribution in [3.8, 4) is 0 Å². The molecule has 0 unspecified atom stereocenters. The van der Waals surface area contributed by atoms with Gasteiger partial charge >= 0.3 is 23.9 Å². The summed E-state index contributed by atoms with van der Waals surface area (Å²) in [6.45, 7) is 1.44. The molecule has 1 aromatic carbocycles. The number of hydrogen-bond donors (Lipinski definition) is 11.